The number of nitrogens with two attached hydrogens (primary N) is 3. The molecule has 0 spiro atoms. The molecule has 18 nitrogen and oxygen atoms in total. The Balaban J connectivity index is 0. The third kappa shape index (κ3) is 27.5. The zero-order chi connectivity index (χ0) is 49.1. The number of benzene rings is 1. The molecule has 63 heavy (non-hydrogen) atoms. The van der Waals surface area contributed by atoms with E-state index < -0.39 is 96.5 Å². The number of halogens is 6. The van der Waals surface area contributed by atoms with Crippen LogP contribution in [-0.2, 0) is 44.8 Å². The average Bonchev–Trinajstić information content (AvgIpc) is 3.19. The largest absolute Gasteiger partial charge is 0.490 e. The number of carboxylic acid groups (broad SMARTS) is 2. The second-order valence-corrected chi connectivity index (χ2v) is 15.3. The van der Waals surface area contributed by atoms with Crippen molar-refractivity contribution < 1.29 is 74.9 Å². The van der Waals surface area contributed by atoms with E-state index in [1.54, 1.807) is 6.92 Å². The van der Waals surface area contributed by atoms with E-state index in [4.69, 9.17) is 37.0 Å². The number of carbonyl (C=O) groups is 8. The Hall–Kier alpha value is -5.17. The third-order valence-corrected chi connectivity index (χ3v) is 9.20. The zero-order valence-corrected chi connectivity index (χ0v) is 36.4. The number of primary amides is 1. The zero-order valence-electron chi connectivity index (χ0n) is 35.6. The van der Waals surface area contributed by atoms with Crippen LogP contribution in [0, 0.1) is 11.8 Å². The fourth-order valence-electron chi connectivity index (χ4n) is 4.95. The number of carbonyl (C=O) groups excluding carboxylic acids is 6. The summed E-state index contributed by atoms with van der Waals surface area (Å²) in [5.41, 5.74) is 17.9. The summed E-state index contributed by atoms with van der Waals surface area (Å²) < 4.78 is 63.5. The lowest BCUT2D eigenvalue weighted by molar-refractivity contribution is -0.193. The van der Waals surface area contributed by atoms with Crippen LogP contribution in [0.1, 0.15) is 71.8 Å². The Morgan fingerprint density at radius 3 is 1.68 bits per heavy atom. The van der Waals surface area contributed by atoms with Gasteiger partial charge >= 0.3 is 24.3 Å². The average molecular weight is 935 g/mol. The Kier molecular flexibility index (Phi) is 29.3. The first-order valence-corrected chi connectivity index (χ1v) is 20.9. The highest BCUT2D eigenvalue weighted by Gasteiger charge is 2.39. The van der Waals surface area contributed by atoms with Crippen molar-refractivity contribution >= 4 is 59.1 Å². The van der Waals surface area contributed by atoms with Gasteiger partial charge in [-0.25, -0.2) is 9.59 Å². The molecule has 0 aliphatic rings. The Morgan fingerprint density at radius 2 is 1.24 bits per heavy atom. The third-order valence-electron chi connectivity index (χ3n) is 8.55. The molecule has 1 rings (SSSR count). The van der Waals surface area contributed by atoms with Crippen molar-refractivity contribution in [3.8, 4) is 0 Å². The minimum Gasteiger partial charge on any atom is -0.475 e. The van der Waals surface area contributed by atoms with E-state index in [0.29, 0.717) is 38.0 Å². The van der Waals surface area contributed by atoms with Crippen LogP contribution in [0.3, 0.4) is 0 Å². The van der Waals surface area contributed by atoms with Crippen molar-refractivity contribution in [2.24, 2.45) is 29.0 Å². The molecular formula is C38H60F6N8O10S. The first-order chi connectivity index (χ1) is 29.1. The standard InChI is InChI=1S/C34H58N8O6S.2C2HF3O2/c1-6-22(4)29(42-33(47)27(19-23-12-8-7-9-13-23)41-31(45)24(36)14-10-11-16-35)34(48)38-20-28(43)39-26(18-21(2)3)32(46)40-25(30(37)44)15-17-49-5;2*3-2(4,5)1(6)7/h7-9,12-13,21-22,24-27,29H,6,10-11,14-20,35-36H2,1-5H3,(H2,37,44)(H,38,48)(H,39,43)(H,40,46)(H,41,45)(H,42,47);2*(H,6,7). The summed E-state index contributed by atoms with van der Waals surface area (Å²) in [4.78, 5) is 95.7. The van der Waals surface area contributed by atoms with Crippen molar-refractivity contribution in [2.75, 3.05) is 25.1 Å². The molecule has 6 unspecified atom stereocenters. The van der Waals surface area contributed by atoms with Crippen molar-refractivity contribution in [1.29, 1.82) is 0 Å². The molecule has 25 heteroatoms. The number of nitrogens with one attached hydrogen (secondary N) is 5. The second kappa shape index (κ2) is 30.8. The van der Waals surface area contributed by atoms with Gasteiger partial charge in [0, 0.05) is 6.42 Å². The van der Waals surface area contributed by atoms with E-state index in [1.807, 2.05) is 57.4 Å². The highest BCUT2D eigenvalue weighted by Crippen LogP contribution is 2.14. The van der Waals surface area contributed by atoms with Crippen LogP contribution in [-0.4, -0.2) is 125 Å². The van der Waals surface area contributed by atoms with Crippen LogP contribution in [0.25, 0.3) is 0 Å². The van der Waals surface area contributed by atoms with E-state index >= 15 is 0 Å². The molecule has 1 aromatic rings. The van der Waals surface area contributed by atoms with Gasteiger partial charge in [-0.2, -0.15) is 38.1 Å². The summed E-state index contributed by atoms with van der Waals surface area (Å²) >= 11 is 1.51. The number of aliphatic carboxylic acids is 2. The molecule has 0 aliphatic carbocycles. The van der Waals surface area contributed by atoms with Crippen LogP contribution < -0.4 is 43.8 Å². The van der Waals surface area contributed by atoms with Gasteiger partial charge in [-0.05, 0) is 61.6 Å². The van der Waals surface area contributed by atoms with E-state index in [0.717, 1.165) is 12.0 Å². The van der Waals surface area contributed by atoms with Crippen molar-refractivity contribution in [3.63, 3.8) is 0 Å². The molecule has 0 radical (unpaired) electrons. The smallest absolute Gasteiger partial charge is 0.475 e. The summed E-state index contributed by atoms with van der Waals surface area (Å²) in [5, 5.41) is 27.6. The molecular weight excluding hydrogens is 875 g/mol. The second-order valence-electron chi connectivity index (χ2n) is 14.3. The SMILES string of the molecule is CCC(C)C(NC(=O)C(Cc1ccccc1)NC(=O)C(N)CCCCN)C(=O)NCC(=O)NC(CC(C)C)C(=O)NC(CCSC)C(N)=O.O=C(O)C(F)(F)F.O=C(O)C(F)(F)F. The monoisotopic (exact) mass is 934 g/mol. The van der Waals surface area contributed by atoms with Gasteiger partial charge in [0.25, 0.3) is 0 Å². The lowest BCUT2D eigenvalue weighted by atomic mass is 9.97. The predicted octanol–water partition coefficient (Wildman–Crippen LogP) is 1.34. The molecule has 0 aromatic heterocycles. The number of hydrogen-bond acceptors (Lipinski definition) is 11. The Bertz CT molecular complexity index is 1590. The van der Waals surface area contributed by atoms with E-state index in [2.05, 4.69) is 26.6 Å². The number of alkyl halides is 6. The first kappa shape index (κ1) is 59.9. The number of unbranched alkanes of at least 4 members (excludes halogenated alkanes) is 1. The maximum atomic E-state index is 13.6. The molecule has 0 fully saturated rings. The van der Waals surface area contributed by atoms with Gasteiger partial charge in [0.15, 0.2) is 0 Å². The van der Waals surface area contributed by atoms with E-state index in [9.17, 15) is 55.1 Å². The van der Waals surface area contributed by atoms with Gasteiger partial charge in [-0.1, -0.05) is 70.9 Å². The predicted molar refractivity (Wildman–Crippen MR) is 220 cm³/mol. The molecule has 0 heterocycles. The van der Waals surface area contributed by atoms with Crippen molar-refractivity contribution in [3.05, 3.63) is 35.9 Å². The molecule has 0 aliphatic heterocycles. The van der Waals surface area contributed by atoms with Gasteiger partial charge < -0.3 is 54.0 Å². The summed E-state index contributed by atoms with van der Waals surface area (Å²) in [6.07, 6.45) is -5.17. The van der Waals surface area contributed by atoms with E-state index in [1.165, 1.54) is 11.8 Å². The van der Waals surface area contributed by atoms with E-state index in [-0.39, 0.29) is 24.7 Å². The summed E-state index contributed by atoms with van der Waals surface area (Å²) in [6.45, 7) is 7.44. The van der Waals surface area contributed by atoms with Gasteiger partial charge in [0.2, 0.25) is 35.4 Å². The van der Waals surface area contributed by atoms with Gasteiger partial charge in [0.1, 0.15) is 24.2 Å². The van der Waals surface area contributed by atoms with Crippen LogP contribution in [0.4, 0.5) is 26.3 Å². The van der Waals surface area contributed by atoms with Crippen molar-refractivity contribution in [2.45, 2.75) is 115 Å². The Morgan fingerprint density at radius 1 is 0.730 bits per heavy atom. The normalized spacial score (nSPS) is 14.0. The molecule has 1 aromatic carbocycles. The summed E-state index contributed by atoms with van der Waals surface area (Å²) in [7, 11) is 0. The number of thioether (sulfide) groups is 1. The summed E-state index contributed by atoms with van der Waals surface area (Å²) in [6, 6.07) is 4.42. The molecule has 0 saturated heterocycles. The van der Waals surface area contributed by atoms with Gasteiger partial charge in [-0.3, -0.25) is 28.8 Å². The highest BCUT2D eigenvalue weighted by molar-refractivity contribution is 7.98. The number of rotatable bonds is 24. The minimum absolute atomic E-state index is 0.0266. The molecule has 6 amide bonds. The topological polar surface area (TPSA) is 315 Å². The molecule has 0 saturated carbocycles. The molecule has 6 atom stereocenters. The fraction of sp³-hybridized carbons (Fsp3) is 0.632. The lowest BCUT2D eigenvalue weighted by Gasteiger charge is -2.27. The maximum absolute atomic E-state index is 13.6. The summed E-state index contributed by atoms with van der Waals surface area (Å²) in [5.74, 6) is -8.71. The number of carboxylic acids is 2. The van der Waals surface area contributed by atoms with Crippen LogP contribution in [0.15, 0.2) is 30.3 Å². The van der Waals surface area contributed by atoms with Crippen LogP contribution >= 0.6 is 11.8 Å². The maximum Gasteiger partial charge on any atom is 0.490 e. The van der Waals surface area contributed by atoms with Crippen molar-refractivity contribution in [1.82, 2.24) is 26.6 Å². The fourth-order valence-corrected chi connectivity index (χ4v) is 5.42. The molecule has 0 bridgehead atoms. The number of amides is 6. The molecule has 13 N–H and O–H groups in total. The van der Waals surface area contributed by atoms with Crippen LogP contribution in [0.2, 0.25) is 0 Å². The number of hydrogen-bond donors (Lipinski definition) is 10. The van der Waals surface area contributed by atoms with Gasteiger partial charge in [-0.15, -0.1) is 0 Å². The quantitative estimate of drug-likeness (QED) is 0.0518. The van der Waals surface area contributed by atoms with Gasteiger partial charge in [0.05, 0.1) is 12.6 Å². The Labute approximate surface area is 365 Å². The first-order valence-electron chi connectivity index (χ1n) is 19.5. The lowest BCUT2D eigenvalue weighted by Crippen LogP contribution is -2.58. The minimum atomic E-state index is -5.08. The molecule has 360 valence electrons. The van der Waals surface area contributed by atoms with Crippen LogP contribution in [0.5, 0.6) is 0 Å². The highest BCUT2D eigenvalue weighted by atomic mass is 32.2.